The molecule has 0 bridgehead atoms. The number of methoxy groups -OCH3 is 1. The van der Waals surface area contributed by atoms with Gasteiger partial charge in [0.1, 0.15) is 0 Å². The van der Waals surface area contributed by atoms with E-state index in [1.807, 2.05) is 18.2 Å². The van der Waals surface area contributed by atoms with Gasteiger partial charge in [0.2, 0.25) is 11.8 Å². The molecule has 5 nitrogen and oxygen atoms in total. The van der Waals surface area contributed by atoms with E-state index in [-0.39, 0.29) is 0 Å². The highest BCUT2D eigenvalue weighted by Crippen LogP contribution is 2.23. The van der Waals surface area contributed by atoms with Crippen LogP contribution in [0.25, 0.3) is 0 Å². The summed E-state index contributed by atoms with van der Waals surface area (Å²) in [6.45, 7) is 2.94. The molecule has 1 saturated heterocycles. The standard InChI is InChI=1S/C18H23ClN4O/c1-22(18-20-10-9-17(21-18)24-2)15-7-5-11-23(13-15)12-14-6-3-4-8-16(14)19/h3-4,6,8-10,15H,5,7,11-13H2,1-2H3. The lowest BCUT2D eigenvalue weighted by molar-refractivity contribution is 0.198. The quantitative estimate of drug-likeness (QED) is 0.831. The maximum Gasteiger partial charge on any atom is 0.228 e. The van der Waals surface area contributed by atoms with E-state index in [2.05, 4.69) is 32.9 Å². The summed E-state index contributed by atoms with van der Waals surface area (Å²) in [5.41, 5.74) is 1.18. The monoisotopic (exact) mass is 346 g/mol. The van der Waals surface area contributed by atoms with Crippen molar-refractivity contribution in [3.63, 3.8) is 0 Å². The minimum Gasteiger partial charge on any atom is -0.481 e. The van der Waals surface area contributed by atoms with Crippen molar-refractivity contribution in [2.24, 2.45) is 0 Å². The third kappa shape index (κ3) is 3.97. The Balaban J connectivity index is 1.67. The third-order valence-electron chi connectivity index (χ3n) is 4.52. The molecule has 0 radical (unpaired) electrons. The molecule has 1 aliphatic rings. The molecule has 24 heavy (non-hydrogen) atoms. The number of aromatic nitrogens is 2. The highest BCUT2D eigenvalue weighted by Gasteiger charge is 2.25. The molecule has 2 aromatic rings. The van der Waals surface area contributed by atoms with E-state index in [9.17, 15) is 0 Å². The molecule has 1 aliphatic heterocycles. The van der Waals surface area contributed by atoms with Crippen LogP contribution in [0.5, 0.6) is 5.88 Å². The number of hydrogen-bond donors (Lipinski definition) is 0. The number of anilines is 1. The van der Waals surface area contributed by atoms with Gasteiger partial charge < -0.3 is 9.64 Å². The first-order valence-electron chi connectivity index (χ1n) is 8.23. The summed E-state index contributed by atoms with van der Waals surface area (Å²) in [6, 6.07) is 10.2. The zero-order valence-corrected chi connectivity index (χ0v) is 14.9. The Morgan fingerprint density at radius 3 is 2.96 bits per heavy atom. The van der Waals surface area contributed by atoms with Gasteiger partial charge in [0.05, 0.1) is 7.11 Å². The molecule has 0 aliphatic carbocycles. The lowest BCUT2D eigenvalue weighted by atomic mass is 10.0. The van der Waals surface area contributed by atoms with Crippen LogP contribution in [0.15, 0.2) is 36.5 Å². The Morgan fingerprint density at radius 2 is 2.17 bits per heavy atom. The van der Waals surface area contributed by atoms with Crippen LogP contribution in [0, 0.1) is 0 Å². The van der Waals surface area contributed by atoms with E-state index in [1.54, 1.807) is 19.4 Å². The topological polar surface area (TPSA) is 41.5 Å². The molecule has 0 spiro atoms. The van der Waals surface area contributed by atoms with Crippen molar-refractivity contribution in [2.75, 3.05) is 32.1 Å². The Kier molecular flexibility index (Phi) is 5.53. The molecule has 2 heterocycles. The summed E-state index contributed by atoms with van der Waals surface area (Å²) in [4.78, 5) is 13.4. The average molecular weight is 347 g/mol. The summed E-state index contributed by atoms with van der Waals surface area (Å²) < 4.78 is 5.20. The van der Waals surface area contributed by atoms with Gasteiger partial charge in [-0.1, -0.05) is 29.8 Å². The number of ether oxygens (including phenoxy) is 1. The summed E-state index contributed by atoms with van der Waals surface area (Å²) in [6.07, 6.45) is 4.03. The van der Waals surface area contributed by atoms with Crippen molar-refractivity contribution >= 4 is 17.5 Å². The van der Waals surface area contributed by atoms with Crippen LogP contribution in [0.3, 0.4) is 0 Å². The number of nitrogens with zero attached hydrogens (tertiary/aromatic N) is 4. The number of likely N-dealkylation sites (tertiary alicyclic amines) is 1. The van der Waals surface area contributed by atoms with E-state index < -0.39 is 0 Å². The summed E-state index contributed by atoms with van der Waals surface area (Å²) in [5, 5.41) is 0.837. The van der Waals surface area contributed by atoms with E-state index in [1.165, 1.54) is 5.56 Å². The van der Waals surface area contributed by atoms with E-state index in [4.69, 9.17) is 16.3 Å². The predicted molar refractivity (Wildman–Crippen MR) is 96.7 cm³/mol. The molecule has 0 amide bonds. The first-order valence-corrected chi connectivity index (χ1v) is 8.61. The molecule has 0 N–H and O–H groups in total. The Morgan fingerprint density at radius 1 is 1.33 bits per heavy atom. The zero-order chi connectivity index (χ0) is 16.9. The van der Waals surface area contributed by atoms with Crippen LogP contribution in [0.1, 0.15) is 18.4 Å². The fraction of sp³-hybridized carbons (Fsp3) is 0.444. The SMILES string of the molecule is COc1ccnc(N(C)C2CCCN(Cc3ccccc3Cl)C2)n1. The maximum atomic E-state index is 6.30. The second kappa shape index (κ2) is 7.81. The van der Waals surface area contributed by atoms with Gasteiger partial charge in [-0.15, -0.1) is 0 Å². The van der Waals surface area contributed by atoms with Crippen LogP contribution < -0.4 is 9.64 Å². The van der Waals surface area contributed by atoms with Crippen molar-refractivity contribution in [1.29, 1.82) is 0 Å². The lowest BCUT2D eigenvalue weighted by Gasteiger charge is -2.37. The van der Waals surface area contributed by atoms with Gasteiger partial charge >= 0.3 is 0 Å². The first kappa shape index (κ1) is 17.0. The number of halogens is 1. The minimum absolute atomic E-state index is 0.383. The summed E-state index contributed by atoms with van der Waals surface area (Å²) in [7, 11) is 3.68. The number of rotatable bonds is 5. The van der Waals surface area contributed by atoms with Crippen molar-refractivity contribution in [1.82, 2.24) is 14.9 Å². The lowest BCUT2D eigenvalue weighted by Crippen LogP contribution is -2.46. The Labute approximate surface area is 148 Å². The molecule has 3 rings (SSSR count). The number of benzene rings is 1. The highest BCUT2D eigenvalue weighted by molar-refractivity contribution is 6.31. The number of piperidine rings is 1. The normalized spacial score (nSPS) is 18.4. The van der Waals surface area contributed by atoms with Crippen LogP contribution >= 0.6 is 11.6 Å². The van der Waals surface area contributed by atoms with Gasteiger partial charge in [-0.05, 0) is 31.0 Å². The molecule has 1 atom stereocenters. The van der Waals surface area contributed by atoms with Gasteiger partial charge in [-0.25, -0.2) is 4.98 Å². The molecule has 6 heteroatoms. The second-order valence-corrected chi connectivity index (χ2v) is 6.54. The van der Waals surface area contributed by atoms with Gasteiger partial charge in [0.15, 0.2) is 0 Å². The third-order valence-corrected chi connectivity index (χ3v) is 4.89. The van der Waals surface area contributed by atoms with Gasteiger partial charge in [0, 0.05) is 43.5 Å². The largest absolute Gasteiger partial charge is 0.481 e. The molecular weight excluding hydrogens is 324 g/mol. The van der Waals surface area contributed by atoms with Crippen molar-refractivity contribution in [2.45, 2.75) is 25.4 Å². The molecule has 1 aromatic heterocycles. The predicted octanol–water partition coefficient (Wildman–Crippen LogP) is 3.24. The van der Waals surface area contributed by atoms with Crippen LogP contribution in [-0.2, 0) is 6.54 Å². The van der Waals surface area contributed by atoms with Crippen LogP contribution in [0.4, 0.5) is 5.95 Å². The minimum atomic E-state index is 0.383. The van der Waals surface area contributed by atoms with Gasteiger partial charge in [-0.3, -0.25) is 4.90 Å². The molecule has 1 aromatic carbocycles. The highest BCUT2D eigenvalue weighted by atomic mass is 35.5. The van der Waals surface area contributed by atoms with E-state index >= 15 is 0 Å². The van der Waals surface area contributed by atoms with Crippen molar-refractivity contribution in [3.05, 3.63) is 47.1 Å². The van der Waals surface area contributed by atoms with Gasteiger partial charge in [0.25, 0.3) is 0 Å². The van der Waals surface area contributed by atoms with Crippen molar-refractivity contribution in [3.8, 4) is 5.88 Å². The average Bonchev–Trinajstić information content (AvgIpc) is 2.63. The van der Waals surface area contributed by atoms with Crippen LogP contribution in [-0.4, -0.2) is 48.2 Å². The summed E-state index contributed by atoms with van der Waals surface area (Å²) >= 11 is 6.30. The fourth-order valence-electron chi connectivity index (χ4n) is 3.14. The molecular formula is C18H23ClN4O. The Hall–Kier alpha value is -1.85. The van der Waals surface area contributed by atoms with E-state index in [0.29, 0.717) is 17.9 Å². The molecule has 128 valence electrons. The smallest absolute Gasteiger partial charge is 0.228 e. The second-order valence-electron chi connectivity index (χ2n) is 6.13. The molecule has 1 fully saturated rings. The first-order chi connectivity index (χ1) is 11.7. The molecule has 0 saturated carbocycles. The number of hydrogen-bond acceptors (Lipinski definition) is 5. The molecule has 1 unspecified atom stereocenters. The maximum absolute atomic E-state index is 6.30. The zero-order valence-electron chi connectivity index (χ0n) is 14.2. The van der Waals surface area contributed by atoms with Crippen LogP contribution in [0.2, 0.25) is 5.02 Å². The van der Waals surface area contributed by atoms with E-state index in [0.717, 1.165) is 37.5 Å². The Bertz CT molecular complexity index is 682. The summed E-state index contributed by atoms with van der Waals surface area (Å²) in [5.74, 6) is 1.30. The fourth-order valence-corrected chi connectivity index (χ4v) is 3.33. The number of likely N-dealkylation sites (N-methyl/N-ethyl adjacent to an activating group) is 1. The van der Waals surface area contributed by atoms with Gasteiger partial charge in [-0.2, -0.15) is 4.98 Å². The van der Waals surface area contributed by atoms with Crippen molar-refractivity contribution < 1.29 is 4.74 Å².